The molecule has 4 rings (SSSR count). The highest BCUT2D eigenvalue weighted by Crippen LogP contribution is 2.27. The largest absolute Gasteiger partial charge is 0.495 e. The molecule has 0 unspecified atom stereocenters. The Bertz CT molecular complexity index is 1150. The van der Waals surface area contributed by atoms with E-state index in [-0.39, 0.29) is 6.03 Å². The third kappa shape index (κ3) is 4.92. The molecule has 2 aromatic carbocycles. The van der Waals surface area contributed by atoms with E-state index in [1.165, 1.54) is 16.7 Å². The van der Waals surface area contributed by atoms with Crippen LogP contribution in [0.2, 0.25) is 0 Å². The van der Waals surface area contributed by atoms with Crippen LogP contribution in [0.5, 0.6) is 5.75 Å². The number of rotatable bonds is 4. The van der Waals surface area contributed by atoms with Crippen LogP contribution in [0.25, 0.3) is 11.3 Å². The van der Waals surface area contributed by atoms with Crippen molar-refractivity contribution < 1.29 is 9.53 Å². The summed E-state index contributed by atoms with van der Waals surface area (Å²) in [5.74, 6) is 1.49. The normalized spacial score (nSPS) is 13.7. The Morgan fingerprint density at radius 3 is 2.27 bits per heavy atom. The second-order valence-corrected chi connectivity index (χ2v) is 8.64. The molecule has 1 aliphatic heterocycles. The molecule has 2 heterocycles. The molecule has 0 aliphatic carbocycles. The molecule has 0 radical (unpaired) electrons. The Hall–Kier alpha value is -3.61. The fraction of sp³-hybridized carbons (Fsp3) is 0.346. The second kappa shape index (κ2) is 9.48. The van der Waals surface area contributed by atoms with E-state index in [2.05, 4.69) is 53.3 Å². The van der Waals surface area contributed by atoms with Crippen LogP contribution in [0.4, 0.5) is 16.3 Å². The molecular weight excluding hydrogens is 414 g/mol. The second-order valence-electron chi connectivity index (χ2n) is 8.64. The Balaban J connectivity index is 1.39. The molecule has 1 fully saturated rings. The number of aromatic nitrogens is 2. The summed E-state index contributed by atoms with van der Waals surface area (Å²) in [4.78, 5) is 16.8. The number of nitrogens with zero attached hydrogens (tertiary/aromatic N) is 4. The topological polar surface area (TPSA) is 70.6 Å². The molecule has 1 N–H and O–H groups in total. The smallest absolute Gasteiger partial charge is 0.322 e. The minimum atomic E-state index is -0.120. The predicted molar refractivity (Wildman–Crippen MR) is 132 cm³/mol. The summed E-state index contributed by atoms with van der Waals surface area (Å²) in [6, 6.07) is 14.0. The SMILES string of the molecule is COc1ccc(C)cc1NC(=O)N1CCN(c2ccc(-c3cc(C)c(C)cc3C)nn2)CC1. The quantitative estimate of drug-likeness (QED) is 0.628. The lowest BCUT2D eigenvalue weighted by Crippen LogP contribution is -2.50. The van der Waals surface area contributed by atoms with Crippen molar-refractivity contribution in [1.82, 2.24) is 15.1 Å². The van der Waals surface area contributed by atoms with Crippen LogP contribution in [0.15, 0.2) is 42.5 Å². The van der Waals surface area contributed by atoms with Crippen LogP contribution in [0.3, 0.4) is 0 Å². The van der Waals surface area contributed by atoms with Crippen LogP contribution >= 0.6 is 0 Å². The summed E-state index contributed by atoms with van der Waals surface area (Å²) in [5, 5.41) is 12.0. The number of anilines is 2. The van der Waals surface area contributed by atoms with Gasteiger partial charge in [-0.05, 0) is 80.3 Å². The van der Waals surface area contributed by atoms with E-state index in [4.69, 9.17) is 4.74 Å². The first-order valence-electron chi connectivity index (χ1n) is 11.2. The maximum absolute atomic E-state index is 12.8. The van der Waals surface area contributed by atoms with E-state index in [1.54, 1.807) is 7.11 Å². The number of nitrogens with one attached hydrogen (secondary N) is 1. The third-order valence-corrected chi connectivity index (χ3v) is 6.25. The minimum absolute atomic E-state index is 0.120. The van der Waals surface area contributed by atoms with Gasteiger partial charge < -0.3 is 19.9 Å². The molecule has 0 bridgehead atoms. The number of hydrogen-bond acceptors (Lipinski definition) is 5. The summed E-state index contributed by atoms with van der Waals surface area (Å²) < 4.78 is 5.37. The average Bonchev–Trinajstić information content (AvgIpc) is 2.82. The standard InChI is InChI=1S/C26H31N5O2/c1-17-6-8-24(33-5)23(14-17)27-26(32)31-12-10-30(11-13-31)25-9-7-22(28-29-25)21-16-19(3)18(2)15-20(21)4/h6-9,14-16H,10-13H2,1-5H3,(H,27,32). The van der Waals surface area contributed by atoms with Gasteiger partial charge in [0.15, 0.2) is 5.82 Å². The summed E-state index contributed by atoms with van der Waals surface area (Å²) in [5.41, 5.74) is 7.48. The molecule has 33 heavy (non-hydrogen) atoms. The highest BCUT2D eigenvalue weighted by atomic mass is 16.5. The summed E-state index contributed by atoms with van der Waals surface area (Å²) in [6.45, 7) is 11.0. The monoisotopic (exact) mass is 445 g/mol. The molecule has 1 aliphatic rings. The van der Waals surface area contributed by atoms with Gasteiger partial charge in [-0.25, -0.2) is 4.79 Å². The first-order valence-corrected chi connectivity index (χ1v) is 11.2. The lowest BCUT2D eigenvalue weighted by atomic mass is 9.99. The van der Waals surface area contributed by atoms with Crippen molar-refractivity contribution in [3.05, 3.63) is 64.7 Å². The number of amides is 2. The zero-order chi connectivity index (χ0) is 23.5. The number of hydrogen-bond donors (Lipinski definition) is 1. The number of urea groups is 1. The van der Waals surface area contributed by atoms with Crippen LogP contribution in [0, 0.1) is 27.7 Å². The van der Waals surface area contributed by atoms with Crippen molar-refractivity contribution in [2.75, 3.05) is 43.5 Å². The fourth-order valence-corrected chi connectivity index (χ4v) is 4.13. The molecule has 7 heteroatoms. The number of carbonyl (C=O) groups excluding carboxylic acids is 1. The highest BCUT2D eigenvalue weighted by molar-refractivity contribution is 5.91. The van der Waals surface area contributed by atoms with E-state index >= 15 is 0 Å². The Morgan fingerprint density at radius 1 is 0.879 bits per heavy atom. The highest BCUT2D eigenvalue weighted by Gasteiger charge is 2.23. The van der Waals surface area contributed by atoms with Crippen LogP contribution in [-0.2, 0) is 0 Å². The number of aryl methyl sites for hydroxylation is 4. The zero-order valence-electron chi connectivity index (χ0n) is 20.0. The Kier molecular flexibility index (Phi) is 6.49. The first-order chi connectivity index (χ1) is 15.9. The average molecular weight is 446 g/mol. The van der Waals surface area contributed by atoms with E-state index in [1.807, 2.05) is 42.2 Å². The van der Waals surface area contributed by atoms with E-state index in [0.717, 1.165) is 22.6 Å². The van der Waals surface area contributed by atoms with Gasteiger partial charge in [0.05, 0.1) is 18.5 Å². The van der Waals surface area contributed by atoms with Crippen LogP contribution in [0.1, 0.15) is 22.3 Å². The summed E-state index contributed by atoms with van der Waals surface area (Å²) in [7, 11) is 1.60. The molecule has 0 saturated carbocycles. The van der Waals surface area contributed by atoms with Crippen LogP contribution < -0.4 is 15.0 Å². The number of ether oxygens (including phenoxy) is 1. The van der Waals surface area contributed by atoms with Gasteiger partial charge in [0.2, 0.25) is 0 Å². The molecule has 1 aromatic heterocycles. The molecular formula is C26H31N5O2. The van der Waals surface area contributed by atoms with E-state index < -0.39 is 0 Å². The van der Waals surface area contributed by atoms with Gasteiger partial charge >= 0.3 is 6.03 Å². The van der Waals surface area contributed by atoms with Gasteiger partial charge in [-0.3, -0.25) is 0 Å². The lowest BCUT2D eigenvalue weighted by Gasteiger charge is -2.35. The lowest BCUT2D eigenvalue weighted by molar-refractivity contribution is 0.208. The summed E-state index contributed by atoms with van der Waals surface area (Å²) >= 11 is 0. The Morgan fingerprint density at radius 2 is 1.61 bits per heavy atom. The van der Waals surface area contributed by atoms with Gasteiger partial charge in [0.1, 0.15) is 5.75 Å². The Labute approximate surface area is 195 Å². The summed E-state index contributed by atoms with van der Waals surface area (Å²) in [6.07, 6.45) is 0. The fourth-order valence-electron chi connectivity index (χ4n) is 4.13. The van der Waals surface area contributed by atoms with Gasteiger partial charge in [0.25, 0.3) is 0 Å². The van der Waals surface area contributed by atoms with E-state index in [9.17, 15) is 4.79 Å². The van der Waals surface area contributed by atoms with Crippen molar-refractivity contribution in [2.45, 2.75) is 27.7 Å². The molecule has 0 atom stereocenters. The van der Waals surface area contributed by atoms with Gasteiger partial charge in [-0.1, -0.05) is 12.1 Å². The van der Waals surface area contributed by atoms with E-state index in [0.29, 0.717) is 37.6 Å². The van der Waals surface area contributed by atoms with Gasteiger partial charge in [0, 0.05) is 31.7 Å². The zero-order valence-corrected chi connectivity index (χ0v) is 20.0. The molecule has 7 nitrogen and oxygen atoms in total. The number of benzene rings is 2. The molecule has 172 valence electrons. The number of piperazine rings is 1. The van der Waals surface area contributed by atoms with Crippen molar-refractivity contribution in [2.24, 2.45) is 0 Å². The number of carbonyl (C=O) groups is 1. The van der Waals surface area contributed by atoms with Crippen molar-refractivity contribution in [3.63, 3.8) is 0 Å². The van der Waals surface area contributed by atoms with Crippen molar-refractivity contribution >= 4 is 17.5 Å². The molecule has 2 amide bonds. The minimum Gasteiger partial charge on any atom is -0.495 e. The maximum atomic E-state index is 12.8. The van der Waals surface area contributed by atoms with Crippen LogP contribution in [-0.4, -0.2) is 54.4 Å². The molecule has 1 saturated heterocycles. The number of methoxy groups -OCH3 is 1. The first kappa shape index (κ1) is 22.6. The molecule has 0 spiro atoms. The predicted octanol–water partition coefficient (Wildman–Crippen LogP) is 4.74. The van der Waals surface area contributed by atoms with Gasteiger partial charge in [-0.15, -0.1) is 10.2 Å². The third-order valence-electron chi connectivity index (χ3n) is 6.25. The van der Waals surface area contributed by atoms with Crippen molar-refractivity contribution in [3.8, 4) is 17.0 Å². The molecule has 3 aromatic rings. The maximum Gasteiger partial charge on any atom is 0.322 e. The van der Waals surface area contributed by atoms with Gasteiger partial charge in [-0.2, -0.15) is 0 Å². The van der Waals surface area contributed by atoms with Crippen molar-refractivity contribution in [1.29, 1.82) is 0 Å².